The lowest BCUT2D eigenvalue weighted by atomic mass is 9.98. The van der Waals surface area contributed by atoms with Crippen LogP contribution in [0.25, 0.3) is 0 Å². The molecule has 74 heavy (non-hydrogen) atoms. The lowest BCUT2D eigenvalue weighted by molar-refractivity contribution is 0.0738. The molecule has 0 aromatic heterocycles. The Balaban J connectivity index is 0.970. The number of sulfonamides is 2. The highest BCUT2D eigenvalue weighted by Crippen LogP contribution is 2.34. The molecule has 2 fully saturated rings. The summed E-state index contributed by atoms with van der Waals surface area (Å²) < 4.78 is 77.4. The molecule has 18 heteroatoms. The molecule has 2 amide bonds. The molecule has 2 aliphatic heterocycles. The van der Waals surface area contributed by atoms with E-state index in [4.69, 9.17) is 14.2 Å². The van der Waals surface area contributed by atoms with Gasteiger partial charge in [0.15, 0.2) is 0 Å². The fourth-order valence-corrected chi connectivity index (χ4v) is 11.3. The molecule has 0 unspecified atom stereocenters. The number of methoxy groups -OCH3 is 2. The molecule has 0 saturated carbocycles. The van der Waals surface area contributed by atoms with E-state index < -0.39 is 20.0 Å². The molecule has 3 N–H and O–H groups in total. The zero-order valence-corrected chi connectivity index (χ0v) is 44.2. The molecule has 2 aliphatic rings. The standard InChI is InChI=1S/C56H65N7O9S2/c1-6-26-57-43-15-17-44(18-16-43)58-73(66,67)47-23-12-40(3)49(38-47)55(64)62-31-29-61(30-32-62)52-25-13-41(37-54(52)71-5)36-42-14-24-48(74(68,69)59-45-19-21-46(22-20-45)72-35-7-2)39-50(42)56(65)63-33-27-60(28-34-63)51-10-8-9-11-53(51)70-4/h8-25,37-39,57-59H,6-7,26-36H2,1-5H3. The summed E-state index contributed by atoms with van der Waals surface area (Å²) in [4.78, 5) is 36.4. The zero-order chi connectivity index (χ0) is 52.4. The van der Waals surface area contributed by atoms with Gasteiger partial charge in [0, 0.05) is 87.1 Å². The quantitative estimate of drug-likeness (QED) is 0.0663. The van der Waals surface area contributed by atoms with E-state index in [0.29, 0.717) is 105 Å². The van der Waals surface area contributed by atoms with Crippen LogP contribution in [0.5, 0.6) is 17.2 Å². The van der Waals surface area contributed by atoms with Gasteiger partial charge in [0.1, 0.15) is 17.2 Å². The second kappa shape index (κ2) is 23.6. The Labute approximate surface area is 435 Å². The van der Waals surface area contributed by atoms with Crippen molar-refractivity contribution >= 4 is 60.3 Å². The van der Waals surface area contributed by atoms with E-state index in [1.165, 1.54) is 24.3 Å². The van der Waals surface area contributed by atoms with Gasteiger partial charge in [-0.25, -0.2) is 16.8 Å². The number of hydrogen-bond donors (Lipinski definition) is 3. The Hall–Kier alpha value is -7.44. The van der Waals surface area contributed by atoms with Gasteiger partial charge in [0.2, 0.25) is 0 Å². The van der Waals surface area contributed by atoms with Crippen molar-refractivity contribution in [1.82, 2.24) is 9.80 Å². The number of nitrogens with one attached hydrogen (secondary N) is 3. The minimum atomic E-state index is -4.11. The smallest absolute Gasteiger partial charge is 0.261 e. The summed E-state index contributed by atoms with van der Waals surface area (Å²) in [5, 5.41) is 3.27. The summed E-state index contributed by atoms with van der Waals surface area (Å²) in [6.45, 7) is 10.9. The Bertz CT molecular complexity index is 3160. The third kappa shape index (κ3) is 12.5. The minimum absolute atomic E-state index is 0.00372. The number of ether oxygens (including phenoxy) is 3. The van der Waals surface area contributed by atoms with Gasteiger partial charge < -0.3 is 39.1 Å². The maximum atomic E-state index is 14.6. The van der Waals surface area contributed by atoms with Crippen LogP contribution in [0, 0.1) is 6.92 Å². The Morgan fingerprint density at radius 1 is 0.554 bits per heavy atom. The molecule has 0 radical (unpaired) electrons. The van der Waals surface area contributed by atoms with Crippen molar-refractivity contribution in [2.24, 2.45) is 0 Å². The van der Waals surface area contributed by atoms with Crippen molar-refractivity contribution in [2.75, 3.05) is 104 Å². The SMILES string of the molecule is CCCNc1ccc(NS(=O)(=O)c2ccc(C)c(C(=O)N3CCN(c4ccc(Cc5ccc(S(=O)(=O)Nc6ccc(OCCC)cc6)cc5C(=O)N5CCN(c6ccccc6OC)CC5)cc4OC)CC3)c2)cc1. The van der Waals surface area contributed by atoms with Crippen LogP contribution in [0.15, 0.2) is 137 Å². The highest BCUT2D eigenvalue weighted by molar-refractivity contribution is 7.93. The number of benzene rings is 6. The third-order valence-electron chi connectivity index (χ3n) is 13.2. The van der Waals surface area contributed by atoms with Crippen molar-refractivity contribution in [2.45, 2.75) is 49.8 Å². The predicted molar refractivity (Wildman–Crippen MR) is 292 cm³/mol. The number of carbonyl (C=O) groups is 2. The average molecular weight is 1040 g/mol. The largest absolute Gasteiger partial charge is 0.495 e. The van der Waals surface area contributed by atoms with Crippen LogP contribution in [-0.2, 0) is 26.5 Å². The summed E-state index contributed by atoms with van der Waals surface area (Å²) in [7, 11) is -4.87. The molecule has 6 aromatic rings. The molecular formula is C56H65N7O9S2. The summed E-state index contributed by atoms with van der Waals surface area (Å²) in [6, 6.07) is 36.7. The van der Waals surface area contributed by atoms with E-state index in [2.05, 4.69) is 31.5 Å². The molecule has 2 heterocycles. The molecule has 2 saturated heterocycles. The number of nitrogens with zero attached hydrogens (tertiary/aromatic N) is 4. The van der Waals surface area contributed by atoms with E-state index >= 15 is 0 Å². The average Bonchev–Trinajstić information content (AvgIpc) is 3.42. The van der Waals surface area contributed by atoms with E-state index in [9.17, 15) is 26.4 Å². The number of aryl methyl sites for hydroxylation is 1. The molecular weight excluding hydrogens is 979 g/mol. The molecule has 0 spiro atoms. The molecule has 16 nitrogen and oxygen atoms in total. The van der Waals surface area contributed by atoms with Crippen LogP contribution in [0.1, 0.15) is 64.1 Å². The first kappa shape index (κ1) is 52.9. The first-order valence-electron chi connectivity index (χ1n) is 24.9. The van der Waals surface area contributed by atoms with E-state index in [1.807, 2.05) is 61.5 Å². The number of para-hydroxylation sites is 2. The summed E-state index contributed by atoms with van der Waals surface area (Å²) in [6.07, 6.45) is 2.11. The van der Waals surface area contributed by atoms with Crippen molar-refractivity contribution in [1.29, 1.82) is 0 Å². The van der Waals surface area contributed by atoms with Crippen LogP contribution in [0.4, 0.5) is 28.4 Å². The van der Waals surface area contributed by atoms with Gasteiger partial charge in [-0.05, 0) is 140 Å². The second-order valence-electron chi connectivity index (χ2n) is 18.3. The van der Waals surface area contributed by atoms with Gasteiger partial charge in [-0.1, -0.05) is 44.2 Å². The van der Waals surface area contributed by atoms with Gasteiger partial charge >= 0.3 is 0 Å². The normalized spacial score (nSPS) is 14.1. The maximum Gasteiger partial charge on any atom is 0.261 e. The first-order valence-corrected chi connectivity index (χ1v) is 27.9. The van der Waals surface area contributed by atoms with Crippen LogP contribution in [0.3, 0.4) is 0 Å². The van der Waals surface area contributed by atoms with Crippen LogP contribution in [-0.4, -0.2) is 118 Å². The second-order valence-corrected chi connectivity index (χ2v) is 21.7. The fraction of sp³-hybridized carbons (Fsp3) is 0.321. The topological polar surface area (TPSA) is 179 Å². The number of rotatable bonds is 20. The Morgan fingerprint density at radius 2 is 1.08 bits per heavy atom. The molecule has 8 rings (SSSR count). The van der Waals surface area contributed by atoms with Crippen molar-refractivity contribution in [3.63, 3.8) is 0 Å². The van der Waals surface area contributed by atoms with E-state index in [0.717, 1.165) is 47.8 Å². The number of hydrogen-bond acceptors (Lipinski definition) is 12. The van der Waals surface area contributed by atoms with Gasteiger partial charge in [-0.2, -0.15) is 0 Å². The van der Waals surface area contributed by atoms with Crippen molar-refractivity contribution < 1.29 is 40.6 Å². The van der Waals surface area contributed by atoms with Gasteiger partial charge in [0.05, 0.1) is 42.0 Å². The lowest BCUT2D eigenvalue weighted by Gasteiger charge is -2.37. The van der Waals surface area contributed by atoms with Gasteiger partial charge in [-0.15, -0.1) is 0 Å². The van der Waals surface area contributed by atoms with Crippen LogP contribution >= 0.6 is 0 Å². The van der Waals surface area contributed by atoms with Crippen LogP contribution < -0.4 is 38.8 Å². The van der Waals surface area contributed by atoms with E-state index in [-0.39, 0.29) is 27.2 Å². The molecule has 6 aromatic carbocycles. The molecule has 0 bridgehead atoms. The lowest BCUT2D eigenvalue weighted by Crippen LogP contribution is -2.49. The molecule has 390 valence electrons. The first-order chi connectivity index (χ1) is 35.7. The summed E-state index contributed by atoms with van der Waals surface area (Å²) in [5.41, 5.74) is 6.20. The molecule has 0 aliphatic carbocycles. The predicted octanol–water partition coefficient (Wildman–Crippen LogP) is 8.74. The number of carbonyl (C=O) groups excluding carboxylic acids is 2. The van der Waals surface area contributed by atoms with Crippen molar-refractivity contribution in [3.8, 4) is 17.2 Å². The number of amides is 2. The van der Waals surface area contributed by atoms with Crippen LogP contribution in [0.2, 0.25) is 0 Å². The van der Waals surface area contributed by atoms with Gasteiger partial charge in [0.25, 0.3) is 31.9 Å². The van der Waals surface area contributed by atoms with E-state index in [1.54, 1.807) is 79.5 Å². The monoisotopic (exact) mass is 1040 g/mol. The number of anilines is 5. The minimum Gasteiger partial charge on any atom is -0.495 e. The maximum absolute atomic E-state index is 14.6. The van der Waals surface area contributed by atoms with Gasteiger partial charge in [-0.3, -0.25) is 19.0 Å². The third-order valence-corrected chi connectivity index (χ3v) is 16.0. The fourth-order valence-electron chi connectivity index (χ4n) is 9.11. The van der Waals surface area contributed by atoms with Crippen molar-refractivity contribution in [3.05, 3.63) is 155 Å². The summed E-state index contributed by atoms with van der Waals surface area (Å²) >= 11 is 0. The number of piperazine rings is 2. The highest BCUT2D eigenvalue weighted by atomic mass is 32.2. The summed E-state index contributed by atoms with van der Waals surface area (Å²) in [5.74, 6) is 1.46. The molecule has 0 atom stereocenters. The Kier molecular flexibility index (Phi) is 16.9. The highest BCUT2D eigenvalue weighted by Gasteiger charge is 2.29. The Morgan fingerprint density at radius 3 is 1.66 bits per heavy atom. The zero-order valence-electron chi connectivity index (χ0n) is 42.6.